The predicted molar refractivity (Wildman–Crippen MR) is 100 cm³/mol. The van der Waals surface area contributed by atoms with Gasteiger partial charge in [-0.3, -0.25) is 14.9 Å². The molecule has 1 N–H and O–H groups in total. The van der Waals surface area contributed by atoms with Gasteiger partial charge in [-0.15, -0.1) is 0 Å². The van der Waals surface area contributed by atoms with Crippen molar-refractivity contribution < 1.29 is 14.0 Å². The van der Waals surface area contributed by atoms with Crippen LogP contribution in [0.25, 0.3) is 0 Å². The monoisotopic (exact) mass is 375 g/mol. The fraction of sp³-hybridized carbons (Fsp3) is 0.526. The number of nitrogens with zero attached hydrogens (tertiary/aromatic N) is 2. The number of hydrogen-bond donors (Lipinski definition) is 1. The van der Waals surface area contributed by atoms with Crippen molar-refractivity contribution in [3.05, 3.63) is 29.1 Å². The Kier molecular flexibility index (Phi) is 4.42. The zero-order chi connectivity index (χ0) is 18.4. The van der Waals surface area contributed by atoms with Crippen molar-refractivity contribution in [3.63, 3.8) is 0 Å². The molecule has 1 aromatic rings. The minimum absolute atomic E-state index is 0.247. The Balaban J connectivity index is 1.64. The van der Waals surface area contributed by atoms with E-state index in [0.717, 1.165) is 37.2 Å². The lowest BCUT2D eigenvalue weighted by molar-refractivity contribution is -0.136. The summed E-state index contributed by atoms with van der Waals surface area (Å²) in [5, 5.41) is 2.38. The first-order valence-electron chi connectivity index (χ1n) is 9.16. The van der Waals surface area contributed by atoms with Crippen molar-refractivity contribution in [2.24, 2.45) is 5.92 Å². The fourth-order valence-electron chi connectivity index (χ4n) is 4.14. The summed E-state index contributed by atoms with van der Waals surface area (Å²) < 4.78 is 14.3. The Labute approximate surface area is 157 Å². The van der Waals surface area contributed by atoms with E-state index in [1.54, 1.807) is 6.07 Å². The van der Waals surface area contributed by atoms with Crippen LogP contribution in [0.2, 0.25) is 0 Å². The van der Waals surface area contributed by atoms with Crippen molar-refractivity contribution in [3.8, 4) is 0 Å². The molecule has 3 aliphatic rings. The average Bonchev–Trinajstić information content (AvgIpc) is 2.92. The maximum atomic E-state index is 14.3. The molecule has 2 saturated heterocycles. The number of carbonyl (C=O) groups excluding carboxylic acids is 2. The summed E-state index contributed by atoms with van der Waals surface area (Å²) in [7, 11) is 0. The van der Waals surface area contributed by atoms with Gasteiger partial charge in [0.25, 0.3) is 0 Å². The Hall–Kier alpha value is -2.02. The first kappa shape index (κ1) is 17.4. The van der Waals surface area contributed by atoms with Crippen LogP contribution in [0.4, 0.5) is 10.1 Å². The molecule has 0 bridgehead atoms. The molecule has 0 aliphatic carbocycles. The number of piperidine rings is 2. The number of amides is 2. The topological polar surface area (TPSA) is 52.6 Å². The SMILES string of the molecule is CC1CCN(c2cc(F)cc3c2CN(C2CCC(=O)NC2=O)C3=S)CC1. The van der Waals surface area contributed by atoms with Gasteiger partial charge in [-0.1, -0.05) is 19.1 Å². The van der Waals surface area contributed by atoms with E-state index in [2.05, 4.69) is 17.1 Å². The highest BCUT2D eigenvalue weighted by Gasteiger charge is 2.38. The van der Waals surface area contributed by atoms with Crippen LogP contribution in [-0.4, -0.2) is 40.8 Å². The molecule has 26 heavy (non-hydrogen) atoms. The summed E-state index contributed by atoms with van der Waals surface area (Å²) in [6, 6.07) is 2.59. The molecule has 0 radical (unpaired) electrons. The van der Waals surface area contributed by atoms with Gasteiger partial charge in [0.15, 0.2) is 0 Å². The average molecular weight is 375 g/mol. The first-order chi connectivity index (χ1) is 12.4. The highest BCUT2D eigenvalue weighted by molar-refractivity contribution is 7.80. The van der Waals surface area contributed by atoms with Gasteiger partial charge in [0, 0.05) is 42.9 Å². The van der Waals surface area contributed by atoms with Crippen LogP contribution in [0.1, 0.15) is 43.7 Å². The summed E-state index contributed by atoms with van der Waals surface area (Å²) in [6.45, 7) is 4.54. The fourth-order valence-corrected chi connectivity index (χ4v) is 4.51. The van der Waals surface area contributed by atoms with Crippen molar-refractivity contribution in [1.82, 2.24) is 10.2 Å². The third-order valence-electron chi connectivity index (χ3n) is 5.72. The summed E-state index contributed by atoms with van der Waals surface area (Å²) in [6.07, 6.45) is 2.92. The molecule has 3 heterocycles. The molecule has 1 unspecified atom stereocenters. The second kappa shape index (κ2) is 6.61. The van der Waals surface area contributed by atoms with E-state index < -0.39 is 6.04 Å². The van der Waals surface area contributed by atoms with E-state index >= 15 is 0 Å². The zero-order valence-electron chi connectivity index (χ0n) is 14.8. The molecular formula is C19H22FN3O2S. The van der Waals surface area contributed by atoms with Crippen LogP contribution in [0.5, 0.6) is 0 Å². The number of carbonyl (C=O) groups is 2. The van der Waals surface area contributed by atoms with Crippen LogP contribution < -0.4 is 10.2 Å². The number of anilines is 1. The molecule has 5 nitrogen and oxygen atoms in total. The molecule has 2 fully saturated rings. The number of imide groups is 1. The van der Waals surface area contributed by atoms with E-state index in [0.29, 0.717) is 35.9 Å². The van der Waals surface area contributed by atoms with Crippen LogP contribution in [-0.2, 0) is 16.1 Å². The minimum atomic E-state index is -0.468. The van der Waals surface area contributed by atoms with Crippen molar-refractivity contribution >= 4 is 34.7 Å². The van der Waals surface area contributed by atoms with E-state index in [4.69, 9.17) is 12.2 Å². The first-order valence-corrected chi connectivity index (χ1v) is 9.57. The van der Waals surface area contributed by atoms with Gasteiger partial charge in [0.05, 0.1) is 0 Å². The molecule has 1 atom stereocenters. The number of hydrogen-bond acceptors (Lipinski definition) is 4. The Morgan fingerprint density at radius 3 is 2.62 bits per heavy atom. The van der Waals surface area contributed by atoms with E-state index in [1.165, 1.54) is 6.07 Å². The lowest BCUT2D eigenvalue weighted by atomic mass is 9.97. The number of nitrogens with one attached hydrogen (secondary N) is 1. The minimum Gasteiger partial charge on any atom is -0.371 e. The van der Waals surface area contributed by atoms with Crippen LogP contribution in [0, 0.1) is 11.7 Å². The molecular weight excluding hydrogens is 353 g/mol. The van der Waals surface area contributed by atoms with Crippen molar-refractivity contribution in [1.29, 1.82) is 0 Å². The lowest BCUT2D eigenvalue weighted by Crippen LogP contribution is -2.52. The van der Waals surface area contributed by atoms with Gasteiger partial charge in [0.1, 0.15) is 16.8 Å². The molecule has 138 valence electrons. The smallest absolute Gasteiger partial charge is 0.249 e. The molecule has 0 spiro atoms. The second-order valence-corrected chi connectivity index (χ2v) is 7.91. The third-order valence-corrected chi connectivity index (χ3v) is 6.18. The zero-order valence-corrected chi connectivity index (χ0v) is 15.6. The number of benzene rings is 1. The lowest BCUT2D eigenvalue weighted by Gasteiger charge is -2.34. The van der Waals surface area contributed by atoms with E-state index in [-0.39, 0.29) is 17.6 Å². The van der Waals surface area contributed by atoms with Crippen LogP contribution in [0.3, 0.4) is 0 Å². The summed E-state index contributed by atoms with van der Waals surface area (Å²) in [5.74, 6) is -0.174. The molecule has 3 aliphatic heterocycles. The van der Waals surface area contributed by atoms with Crippen LogP contribution >= 0.6 is 12.2 Å². The van der Waals surface area contributed by atoms with E-state index in [1.807, 2.05) is 4.90 Å². The predicted octanol–water partition coefficient (Wildman–Crippen LogP) is 2.36. The number of rotatable bonds is 2. The Bertz CT molecular complexity index is 789. The standard InChI is InChI=1S/C19H22FN3O2S/c1-11-4-6-22(7-5-11)16-9-12(20)8-13-14(16)10-23(19(13)26)15-2-3-17(24)21-18(15)25/h8-9,11,15H,2-7,10H2,1H3,(H,21,24,25). The second-order valence-electron chi connectivity index (χ2n) is 7.52. The number of fused-ring (bicyclic) bond motifs is 1. The van der Waals surface area contributed by atoms with Gasteiger partial charge in [0.2, 0.25) is 11.8 Å². The number of thiocarbonyl (C=S) groups is 1. The molecule has 4 rings (SSSR count). The van der Waals surface area contributed by atoms with Gasteiger partial charge < -0.3 is 9.80 Å². The highest BCUT2D eigenvalue weighted by atomic mass is 32.1. The van der Waals surface area contributed by atoms with Crippen molar-refractivity contribution in [2.75, 3.05) is 18.0 Å². The summed E-state index contributed by atoms with van der Waals surface area (Å²) in [5.41, 5.74) is 2.60. The maximum Gasteiger partial charge on any atom is 0.249 e. The van der Waals surface area contributed by atoms with Gasteiger partial charge >= 0.3 is 0 Å². The number of halogens is 1. The summed E-state index contributed by atoms with van der Waals surface area (Å²) in [4.78, 5) is 28.3. The summed E-state index contributed by atoms with van der Waals surface area (Å²) >= 11 is 5.57. The molecule has 2 amide bonds. The highest BCUT2D eigenvalue weighted by Crippen LogP contribution is 2.37. The maximum absolute atomic E-state index is 14.3. The Morgan fingerprint density at radius 2 is 1.92 bits per heavy atom. The normalized spacial score (nSPS) is 24.1. The van der Waals surface area contributed by atoms with Crippen molar-refractivity contribution in [2.45, 2.75) is 45.2 Å². The molecule has 1 aromatic carbocycles. The van der Waals surface area contributed by atoms with Gasteiger partial charge in [-0.05, 0) is 37.3 Å². The molecule has 0 saturated carbocycles. The van der Waals surface area contributed by atoms with Gasteiger partial charge in [-0.2, -0.15) is 0 Å². The quantitative estimate of drug-likeness (QED) is 0.635. The van der Waals surface area contributed by atoms with Gasteiger partial charge in [-0.25, -0.2) is 4.39 Å². The van der Waals surface area contributed by atoms with E-state index in [9.17, 15) is 14.0 Å². The molecule has 0 aromatic heterocycles. The largest absolute Gasteiger partial charge is 0.371 e. The molecule has 7 heteroatoms. The van der Waals surface area contributed by atoms with Crippen LogP contribution in [0.15, 0.2) is 12.1 Å². The third kappa shape index (κ3) is 2.98. The Morgan fingerprint density at radius 1 is 1.19 bits per heavy atom.